The van der Waals surface area contributed by atoms with E-state index >= 15 is 0 Å². The highest BCUT2D eigenvalue weighted by molar-refractivity contribution is 7.80. The molecule has 94 valence electrons. The van der Waals surface area contributed by atoms with Gasteiger partial charge in [-0.15, -0.1) is 0 Å². The predicted molar refractivity (Wildman–Crippen MR) is 79.7 cm³/mol. The first kappa shape index (κ1) is 14.0. The lowest BCUT2D eigenvalue weighted by molar-refractivity contribution is 0.478. The average Bonchev–Trinajstić information content (AvgIpc) is 2.31. The lowest BCUT2D eigenvalue weighted by atomic mass is 9.93. The summed E-state index contributed by atoms with van der Waals surface area (Å²) in [5.74, 6) is 0. The van der Waals surface area contributed by atoms with Gasteiger partial charge < -0.3 is 11.1 Å². The number of nitrogens with two attached hydrogens (primary N) is 1. The van der Waals surface area contributed by atoms with Crippen molar-refractivity contribution in [1.29, 1.82) is 0 Å². The predicted octanol–water partition coefficient (Wildman–Crippen LogP) is 3.62. The van der Waals surface area contributed by atoms with Crippen LogP contribution >= 0.6 is 12.2 Å². The standard InChI is InChI=1S/C14H22N2S/c1-5-14(4,6-2)16-12-10(3)8-7-9-11(12)13(15)17/h7-9,16H,5-6H2,1-4H3,(H2,15,17). The SMILES string of the molecule is CCC(C)(CC)Nc1c(C)cccc1C(N)=S. The van der Waals surface area contributed by atoms with Crippen molar-refractivity contribution in [3.05, 3.63) is 29.3 Å². The number of hydrogen-bond acceptors (Lipinski definition) is 2. The van der Waals surface area contributed by atoms with Crippen molar-refractivity contribution in [2.24, 2.45) is 5.73 Å². The van der Waals surface area contributed by atoms with Gasteiger partial charge in [-0.2, -0.15) is 0 Å². The minimum atomic E-state index is 0.0889. The van der Waals surface area contributed by atoms with Gasteiger partial charge in [-0.05, 0) is 38.3 Å². The van der Waals surface area contributed by atoms with Gasteiger partial charge in [0.15, 0.2) is 0 Å². The third-order valence-corrected chi connectivity index (χ3v) is 3.75. The second-order valence-electron chi connectivity index (χ2n) is 4.75. The van der Waals surface area contributed by atoms with Crippen LogP contribution in [0, 0.1) is 6.92 Å². The van der Waals surface area contributed by atoms with Gasteiger partial charge in [0, 0.05) is 16.8 Å². The molecule has 0 aliphatic rings. The van der Waals surface area contributed by atoms with Crippen molar-refractivity contribution < 1.29 is 0 Å². The Morgan fingerprint density at radius 3 is 2.41 bits per heavy atom. The van der Waals surface area contributed by atoms with E-state index in [9.17, 15) is 0 Å². The topological polar surface area (TPSA) is 38.0 Å². The van der Waals surface area contributed by atoms with E-state index in [0.29, 0.717) is 4.99 Å². The quantitative estimate of drug-likeness (QED) is 0.784. The summed E-state index contributed by atoms with van der Waals surface area (Å²) >= 11 is 5.11. The summed E-state index contributed by atoms with van der Waals surface area (Å²) in [5.41, 5.74) is 9.06. The third-order valence-electron chi connectivity index (χ3n) is 3.53. The minimum Gasteiger partial charge on any atom is -0.389 e. The van der Waals surface area contributed by atoms with Crippen molar-refractivity contribution in [2.45, 2.75) is 46.1 Å². The first-order valence-electron chi connectivity index (χ1n) is 6.11. The van der Waals surface area contributed by atoms with Crippen LogP contribution in [0.4, 0.5) is 5.69 Å². The zero-order valence-electron chi connectivity index (χ0n) is 11.1. The number of aryl methyl sites for hydroxylation is 1. The van der Waals surface area contributed by atoms with E-state index < -0.39 is 0 Å². The van der Waals surface area contributed by atoms with Crippen LogP contribution in [0.1, 0.15) is 44.7 Å². The number of nitrogens with one attached hydrogen (secondary N) is 1. The molecule has 0 atom stereocenters. The summed E-state index contributed by atoms with van der Waals surface area (Å²) < 4.78 is 0. The molecular formula is C14H22N2S. The highest BCUT2D eigenvalue weighted by Gasteiger charge is 2.21. The van der Waals surface area contributed by atoms with E-state index in [2.05, 4.69) is 39.1 Å². The summed E-state index contributed by atoms with van der Waals surface area (Å²) in [6.07, 6.45) is 2.13. The van der Waals surface area contributed by atoms with Crippen molar-refractivity contribution in [2.75, 3.05) is 5.32 Å². The molecule has 1 aromatic carbocycles. The monoisotopic (exact) mass is 250 g/mol. The molecule has 1 aromatic rings. The zero-order valence-corrected chi connectivity index (χ0v) is 11.9. The zero-order chi connectivity index (χ0) is 13.1. The third kappa shape index (κ3) is 3.19. The van der Waals surface area contributed by atoms with Gasteiger partial charge in [-0.25, -0.2) is 0 Å². The van der Waals surface area contributed by atoms with Crippen molar-refractivity contribution in [3.63, 3.8) is 0 Å². The van der Waals surface area contributed by atoms with E-state index in [1.807, 2.05) is 12.1 Å². The van der Waals surface area contributed by atoms with Crippen molar-refractivity contribution in [1.82, 2.24) is 0 Å². The van der Waals surface area contributed by atoms with Gasteiger partial charge in [0.05, 0.1) is 0 Å². The molecule has 0 aromatic heterocycles. The summed E-state index contributed by atoms with van der Waals surface area (Å²) in [6, 6.07) is 6.05. The van der Waals surface area contributed by atoms with Crippen molar-refractivity contribution in [3.8, 4) is 0 Å². The molecule has 0 saturated heterocycles. The Balaban J connectivity index is 3.17. The van der Waals surface area contributed by atoms with Crippen LogP contribution < -0.4 is 11.1 Å². The first-order valence-corrected chi connectivity index (χ1v) is 6.52. The van der Waals surface area contributed by atoms with Gasteiger partial charge in [0.25, 0.3) is 0 Å². The fourth-order valence-electron chi connectivity index (χ4n) is 1.77. The Bertz CT molecular complexity index is 409. The maximum atomic E-state index is 5.78. The summed E-state index contributed by atoms with van der Waals surface area (Å²) in [6.45, 7) is 8.68. The Hall–Kier alpha value is -1.09. The van der Waals surface area contributed by atoms with Crippen LogP contribution in [-0.2, 0) is 0 Å². The molecule has 0 saturated carbocycles. The summed E-state index contributed by atoms with van der Waals surface area (Å²) in [4.78, 5) is 0.450. The molecule has 3 N–H and O–H groups in total. The van der Waals surface area contributed by atoms with Crippen LogP contribution in [-0.4, -0.2) is 10.5 Å². The molecule has 1 rings (SSSR count). The number of benzene rings is 1. The smallest absolute Gasteiger partial charge is 0.106 e. The molecule has 0 radical (unpaired) electrons. The van der Waals surface area contributed by atoms with E-state index in [-0.39, 0.29) is 5.54 Å². The van der Waals surface area contributed by atoms with Crippen LogP contribution in [0.5, 0.6) is 0 Å². The van der Waals surface area contributed by atoms with E-state index in [4.69, 9.17) is 18.0 Å². The van der Waals surface area contributed by atoms with Crippen LogP contribution in [0.25, 0.3) is 0 Å². The van der Waals surface area contributed by atoms with E-state index in [1.165, 1.54) is 5.56 Å². The van der Waals surface area contributed by atoms with Gasteiger partial charge in [0.2, 0.25) is 0 Å². The van der Waals surface area contributed by atoms with Gasteiger partial charge in [-0.1, -0.05) is 38.2 Å². The lowest BCUT2D eigenvalue weighted by Crippen LogP contribution is -2.34. The summed E-state index contributed by atoms with van der Waals surface area (Å²) in [7, 11) is 0. The van der Waals surface area contributed by atoms with Crippen LogP contribution in [0.2, 0.25) is 0 Å². The molecular weight excluding hydrogens is 228 g/mol. The number of anilines is 1. The molecule has 0 bridgehead atoms. The van der Waals surface area contributed by atoms with Gasteiger partial charge >= 0.3 is 0 Å². The molecule has 0 heterocycles. The Morgan fingerprint density at radius 2 is 1.94 bits per heavy atom. The number of para-hydroxylation sites is 1. The van der Waals surface area contributed by atoms with Gasteiger partial charge in [0.1, 0.15) is 4.99 Å². The molecule has 0 unspecified atom stereocenters. The molecule has 0 aliphatic carbocycles. The number of hydrogen-bond donors (Lipinski definition) is 2. The molecule has 0 spiro atoms. The maximum absolute atomic E-state index is 5.78. The number of rotatable bonds is 5. The van der Waals surface area contributed by atoms with Crippen LogP contribution in [0.3, 0.4) is 0 Å². The number of thiocarbonyl (C=S) groups is 1. The fraction of sp³-hybridized carbons (Fsp3) is 0.500. The Labute approximate surface area is 110 Å². The highest BCUT2D eigenvalue weighted by Crippen LogP contribution is 2.27. The fourth-order valence-corrected chi connectivity index (χ4v) is 1.94. The molecule has 3 heteroatoms. The second-order valence-corrected chi connectivity index (χ2v) is 5.19. The molecule has 2 nitrogen and oxygen atoms in total. The minimum absolute atomic E-state index is 0.0889. The van der Waals surface area contributed by atoms with E-state index in [1.54, 1.807) is 0 Å². The lowest BCUT2D eigenvalue weighted by Gasteiger charge is -2.31. The largest absolute Gasteiger partial charge is 0.389 e. The maximum Gasteiger partial charge on any atom is 0.106 e. The molecule has 17 heavy (non-hydrogen) atoms. The normalized spacial score (nSPS) is 11.3. The van der Waals surface area contributed by atoms with Crippen LogP contribution in [0.15, 0.2) is 18.2 Å². The molecule has 0 fully saturated rings. The highest BCUT2D eigenvalue weighted by atomic mass is 32.1. The molecule has 0 amide bonds. The Kier molecular flexibility index (Phi) is 4.52. The van der Waals surface area contributed by atoms with E-state index in [0.717, 1.165) is 24.1 Å². The molecule has 0 aliphatic heterocycles. The van der Waals surface area contributed by atoms with Crippen molar-refractivity contribution >= 4 is 22.9 Å². The average molecular weight is 250 g/mol. The van der Waals surface area contributed by atoms with Gasteiger partial charge in [-0.3, -0.25) is 0 Å². The first-order chi connectivity index (χ1) is 7.93. The second kappa shape index (κ2) is 5.50. The Morgan fingerprint density at radius 1 is 1.35 bits per heavy atom. The summed E-state index contributed by atoms with van der Waals surface area (Å²) in [5, 5.41) is 3.61.